The smallest absolute Gasteiger partial charge is 0.335 e. The van der Waals surface area contributed by atoms with Crippen molar-refractivity contribution in [2.24, 2.45) is 11.0 Å². The van der Waals surface area contributed by atoms with Crippen LogP contribution in [-0.2, 0) is 4.79 Å². The molecule has 7 heteroatoms. The van der Waals surface area contributed by atoms with Gasteiger partial charge in [-0.25, -0.2) is 4.79 Å². The molecule has 2 unspecified atom stereocenters. The fraction of sp³-hybridized carbons (Fsp3) is 0.318. The van der Waals surface area contributed by atoms with Crippen molar-refractivity contribution < 1.29 is 19.4 Å². The maximum Gasteiger partial charge on any atom is 0.335 e. The molecule has 1 amide bonds. The van der Waals surface area contributed by atoms with Crippen molar-refractivity contribution in [3.05, 3.63) is 65.2 Å². The van der Waals surface area contributed by atoms with Crippen molar-refractivity contribution in [1.82, 2.24) is 10.3 Å². The molecule has 0 fully saturated rings. The molecule has 1 aliphatic rings. The van der Waals surface area contributed by atoms with Crippen LogP contribution in [-0.4, -0.2) is 41.0 Å². The van der Waals surface area contributed by atoms with Gasteiger partial charge in [-0.1, -0.05) is 29.8 Å². The van der Waals surface area contributed by atoms with Crippen LogP contribution in [0.15, 0.2) is 53.6 Å². The molecule has 0 saturated carbocycles. The molecule has 0 bridgehead atoms. The highest BCUT2D eigenvalue weighted by atomic mass is 16.5. The first-order valence-corrected chi connectivity index (χ1v) is 9.41. The number of amides is 1. The van der Waals surface area contributed by atoms with E-state index in [-0.39, 0.29) is 17.5 Å². The van der Waals surface area contributed by atoms with E-state index in [1.807, 2.05) is 45.0 Å². The topological polar surface area (TPSA) is 91.2 Å². The van der Waals surface area contributed by atoms with Crippen LogP contribution in [0.2, 0.25) is 0 Å². The van der Waals surface area contributed by atoms with E-state index >= 15 is 0 Å². The van der Waals surface area contributed by atoms with Crippen molar-refractivity contribution in [2.45, 2.75) is 33.0 Å². The third-order valence-corrected chi connectivity index (χ3v) is 5.00. The summed E-state index contributed by atoms with van der Waals surface area (Å²) in [4.78, 5) is 24.0. The first kappa shape index (κ1) is 20.4. The van der Waals surface area contributed by atoms with Crippen molar-refractivity contribution in [3.63, 3.8) is 0 Å². The normalized spacial score (nSPS) is 19.4. The van der Waals surface area contributed by atoms with Crippen molar-refractivity contribution in [1.29, 1.82) is 0 Å². The van der Waals surface area contributed by atoms with Gasteiger partial charge in [0.15, 0.2) is 0 Å². The summed E-state index contributed by atoms with van der Waals surface area (Å²) in [5.74, 6) is -1.05. The minimum absolute atomic E-state index is 0.192. The number of nitrogens with one attached hydrogen (secondary N) is 1. The van der Waals surface area contributed by atoms with E-state index in [0.717, 1.165) is 11.1 Å². The lowest BCUT2D eigenvalue weighted by Crippen LogP contribution is -2.45. The van der Waals surface area contributed by atoms with E-state index < -0.39 is 18.1 Å². The van der Waals surface area contributed by atoms with Gasteiger partial charge in [-0.3, -0.25) is 9.80 Å². The van der Waals surface area contributed by atoms with Crippen molar-refractivity contribution in [3.8, 4) is 5.75 Å². The van der Waals surface area contributed by atoms with Gasteiger partial charge in [-0.15, -0.1) is 0 Å². The Balaban J connectivity index is 1.72. The zero-order valence-corrected chi connectivity index (χ0v) is 16.9. The molecule has 1 heterocycles. The number of rotatable bonds is 6. The molecule has 152 valence electrons. The largest absolute Gasteiger partial charge is 0.478 e. The SMILES string of the molecule is CC1=NN(C)C(Oc2ccc(C)cc2)C1C(=O)N[C@@H](C)c1ccc(C(=O)O)cc1. The average molecular weight is 395 g/mol. The number of carbonyl (C=O) groups is 2. The number of hydrogen-bond donors (Lipinski definition) is 2. The quantitative estimate of drug-likeness (QED) is 0.784. The summed E-state index contributed by atoms with van der Waals surface area (Å²) in [6.07, 6.45) is -0.542. The summed E-state index contributed by atoms with van der Waals surface area (Å²) >= 11 is 0. The first-order valence-electron chi connectivity index (χ1n) is 9.41. The van der Waals surface area contributed by atoms with Crippen LogP contribution in [0.3, 0.4) is 0 Å². The first-order chi connectivity index (χ1) is 13.8. The van der Waals surface area contributed by atoms with Crippen molar-refractivity contribution in [2.75, 3.05) is 7.05 Å². The van der Waals surface area contributed by atoms with E-state index in [1.165, 1.54) is 12.1 Å². The monoisotopic (exact) mass is 395 g/mol. The highest BCUT2D eigenvalue weighted by molar-refractivity contribution is 6.04. The number of hydrazone groups is 1. The zero-order valence-electron chi connectivity index (χ0n) is 16.9. The predicted molar refractivity (Wildman–Crippen MR) is 110 cm³/mol. The third kappa shape index (κ3) is 4.56. The second-order valence-corrected chi connectivity index (χ2v) is 7.27. The Morgan fingerprint density at radius 1 is 1.10 bits per heavy atom. The number of nitrogens with zero attached hydrogens (tertiary/aromatic N) is 2. The van der Waals surface area contributed by atoms with Gasteiger partial charge < -0.3 is 15.2 Å². The maximum atomic E-state index is 13.0. The highest BCUT2D eigenvalue weighted by Crippen LogP contribution is 2.26. The third-order valence-electron chi connectivity index (χ3n) is 5.00. The highest BCUT2D eigenvalue weighted by Gasteiger charge is 2.40. The van der Waals surface area contributed by atoms with Gasteiger partial charge in [0.05, 0.1) is 17.3 Å². The average Bonchev–Trinajstić information content (AvgIpc) is 2.96. The summed E-state index contributed by atoms with van der Waals surface area (Å²) in [7, 11) is 1.78. The molecule has 1 aliphatic heterocycles. The van der Waals surface area contributed by atoms with E-state index in [4.69, 9.17) is 9.84 Å². The fourth-order valence-corrected chi connectivity index (χ4v) is 3.31. The standard InChI is InChI=1S/C22H25N3O4/c1-13-5-11-18(12-6-13)29-21-19(15(3)24-25(21)4)20(26)23-14(2)16-7-9-17(10-8-16)22(27)28/h5-12,14,19,21H,1-4H3,(H,23,26)(H,27,28)/t14-,19?,21?/m0/s1. The molecule has 2 aromatic carbocycles. The molecule has 29 heavy (non-hydrogen) atoms. The van der Waals surface area contributed by atoms with Crippen LogP contribution in [0.1, 0.15) is 41.4 Å². The van der Waals surface area contributed by atoms with Crippen LogP contribution < -0.4 is 10.1 Å². The molecule has 2 aromatic rings. The second-order valence-electron chi connectivity index (χ2n) is 7.27. The molecule has 3 atom stereocenters. The van der Waals surface area contributed by atoms with E-state index in [9.17, 15) is 9.59 Å². The molecule has 0 radical (unpaired) electrons. The summed E-state index contributed by atoms with van der Waals surface area (Å²) in [5.41, 5.74) is 2.83. The summed E-state index contributed by atoms with van der Waals surface area (Å²) in [5, 5.41) is 18.1. The number of hydrogen-bond acceptors (Lipinski definition) is 5. The number of aryl methyl sites for hydroxylation is 1. The predicted octanol–water partition coefficient (Wildman–Crippen LogP) is 3.21. The van der Waals surface area contributed by atoms with Crippen LogP contribution in [0.5, 0.6) is 5.75 Å². The number of aromatic carboxylic acids is 1. The zero-order chi connectivity index (χ0) is 21.1. The van der Waals surface area contributed by atoms with Crippen LogP contribution in [0, 0.1) is 12.8 Å². The van der Waals surface area contributed by atoms with Gasteiger partial charge in [-0.2, -0.15) is 5.10 Å². The summed E-state index contributed by atoms with van der Waals surface area (Å²) < 4.78 is 6.06. The van der Waals surface area contributed by atoms with Crippen LogP contribution >= 0.6 is 0 Å². The number of carboxylic acids is 1. The Morgan fingerprint density at radius 2 is 1.72 bits per heavy atom. The number of carbonyl (C=O) groups excluding carboxylic acids is 1. The molecule has 0 aromatic heterocycles. The Morgan fingerprint density at radius 3 is 2.31 bits per heavy atom. The molecule has 3 rings (SSSR count). The lowest BCUT2D eigenvalue weighted by molar-refractivity contribution is -0.127. The van der Waals surface area contributed by atoms with Gasteiger partial charge in [0.1, 0.15) is 11.7 Å². The lowest BCUT2D eigenvalue weighted by atomic mass is 10.0. The molecule has 0 aliphatic carbocycles. The Hall–Kier alpha value is -3.35. The van der Waals surface area contributed by atoms with Crippen molar-refractivity contribution >= 4 is 17.6 Å². The van der Waals surface area contributed by atoms with Gasteiger partial charge in [0.2, 0.25) is 12.1 Å². The molecule has 0 saturated heterocycles. The Kier molecular flexibility index (Phi) is 5.87. The van der Waals surface area contributed by atoms with E-state index in [0.29, 0.717) is 11.5 Å². The second kappa shape index (κ2) is 8.34. The Labute approximate surface area is 170 Å². The minimum Gasteiger partial charge on any atom is -0.478 e. The van der Waals surface area contributed by atoms with Gasteiger partial charge in [-0.05, 0) is 50.6 Å². The van der Waals surface area contributed by atoms with E-state index in [2.05, 4.69) is 10.4 Å². The van der Waals surface area contributed by atoms with Gasteiger partial charge in [0.25, 0.3) is 0 Å². The number of benzene rings is 2. The molecule has 7 nitrogen and oxygen atoms in total. The number of carboxylic acid groups (broad SMARTS) is 1. The summed E-state index contributed by atoms with van der Waals surface area (Å²) in [6.45, 7) is 5.67. The fourth-order valence-electron chi connectivity index (χ4n) is 3.31. The maximum absolute atomic E-state index is 13.0. The molecular weight excluding hydrogens is 370 g/mol. The van der Waals surface area contributed by atoms with E-state index in [1.54, 1.807) is 24.2 Å². The lowest BCUT2D eigenvalue weighted by Gasteiger charge is -2.26. The number of ether oxygens (including phenoxy) is 1. The van der Waals surface area contributed by atoms with Crippen LogP contribution in [0.25, 0.3) is 0 Å². The summed E-state index contributed by atoms with van der Waals surface area (Å²) in [6, 6.07) is 13.8. The van der Waals surface area contributed by atoms with Gasteiger partial charge >= 0.3 is 5.97 Å². The molecule has 2 N–H and O–H groups in total. The van der Waals surface area contributed by atoms with Crippen LogP contribution in [0.4, 0.5) is 0 Å². The molecule has 0 spiro atoms. The molecular formula is C22H25N3O4. The Bertz CT molecular complexity index is 922. The van der Waals surface area contributed by atoms with Gasteiger partial charge in [0, 0.05) is 7.05 Å². The minimum atomic E-state index is -0.981.